The molecule has 0 radical (unpaired) electrons. The molecule has 0 aromatic heterocycles. The van der Waals surface area contributed by atoms with Crippen molar-refractivity contribution in [2.24, 2.45) is 0 Å². The number of nitrogens with one attached hydrogen (secondary N) is 1. The van der Waals surface area contributed by atoms with Crippen LogP contribution in [0.4, 0.5) is 11.4 Å². The lowest BCUT2D eigenvalue weighted by Gasteiger charge is -2.18. The third kappa shape index (κ3) is 4.82. The predicted molar refractivity (Wildman–Crippen MR) is 108 cm³/mol. The van der Waals surface area contributed by atoms with Crippen LogP contribution in [0.15, 0.2) is 42.5 Å². The Morgan fingerprint density at radius 1 is 1.07 bits per heavy atom. The first-order valence-corrected chi connectivity index (χ1v) is 9.54. The van der Waals surface area contributed by atoms with E-state index in [-0.39, 0.29) is 37.0 Å². The van der Waals surface area contributed by atoms with Gasteiger partial charge in [-0.05, 0) is 36.8 Å². The largest absolute Gasteiger partial charge is 0.492 e. The summed E-state index contributed by atoms with van der Waals surface area (Å²) in [7, 11) is 0. The van der Waals surface area contributed by atoms with E-state index < -0.39 is 0 Å². The molecule has 3 rings (SSSR count). The summed E-state index contributed by atoms with van der Waals surface area (Å²) in [5.74, 6) is -0.264. The van der Waals surface area contributed by atoms with Crippen LogP contribution in [0.1, 0.15) is 25.7 Å². The first-order chi connectivity index (χ1) is 13.5. The molecule has 3 amide bonds. The van der Waals surface area contributed by atoms with E-state index in [1.807, 2.05) is 0 Å². The van der Waals surface area contributed by atoms with Crippen molar-refractivity contribution in [3.05, 3.63) is 52.5 Å². The molecule has 1 saturated heterocycles. The van der Waals surface area contributed by atoms with Gasteiger partial charge in [0.05, 0.1) is 23.0 Å². The Bertz CT molecular complexity index is 901. The lowest BCUT2D eigenvalue weighted by molar-refractivity contribution is -0.121. The Kier molecular flexibility index (Phi) is 6.54. The molecule has 1 N–H and O–H groups in total. The number of para-hydroxylation sites is 2. The normalized spacial score (nSPS) is 13.7. The number of halogens is 2. The Labute approximate surface area is 172 Å². The molecule has 0 saturated carbocycles. The summed E-state index contributed by atoms with van der Waals surface area (Å²) < 4.78 is 5.56. The van der Waals surface area contributed by atoms with Gasteiger partial charge < -0.3 is 10.1 Å². The number of carbonyl (C=O) groups is 3. The van der Waals surface area contributed by atoms with E-state index in [1.165, 1.54) is 0 Å². The second-order valence-corrected chi connectivity index (χ2v) is 7.06. The molecule has 1 aliphatic heterocycles. The number of ether oxygens (including phenoxy) is 1. The van der Waals surface area contributed by atoms with Crippen LogP contribution in [0.5, 0.6) is 5.75 Å². The second kappa shape index (κ2) is 9.08. The van der Waals surface area contributed by atoms with Gasteiger partial charge in [-0.2, -0.15) is 0 Å². The zero-order valence-corrected chi connectivity index (χ0v) is 16.4. The molecule has 8 heteroatoms. The molecule has 28 heavy (non-hydrogen) atoms. The van der Waals surface area contributed by atoms with Gasteiger partial charge in [0.15, 0.2) is 0 Å². The fourth-order valence-electron chi connectivity index (χ4n) is 2.84. The molecule has 1 aliphatic rings. The summed E-state index contributed by atoms with van der Waals surface area (Å²) >= 11 is 11.9. The number of nitrogens with zero attached hydrogens (tertiary/aromatic N) is 1. The minimum absolute atomic E-state index is 0.186. The van der Waals surface area contributed by atoms with Crippen LogP contribution in [0.25, 0.3) is 0 Å². The van der Waals surface area contributed by atoms with Gasteiger partial charge in [-0.3, -0.25) is 14.4 Å². The van der Waals surface area contributed by atoms with Crippen LogP contribution in [-0.2, 0) is 14.4 Å². The summed E-state index contributed by atoms with van der Waals surface area (Å²) in [6.07, 6.45) is 1.05. The minimum Gasteiger partial charge on any atom is -0.492 e. The van der Waals surface area contributed by atoms with Crippen LogP contribution in [0.2, 0.25) is 10.0 Å². The lowest BCUT2D eigenvalue weighted by Crippen LogP contribution is -2.29. The topological polar surface area (TPSA) is 75.7 Å². The Morgan fingerprint density at radius 3 is 2.50 bits per heavy atom. The Balaban J connectivity index is 1.54. The maximum atomic E-state index is 12.3. The molecule has 0 aliphatic carbocycles. The molecular weight excluding hydrogens is 403 g/mol. The predicted octanol–water partition coefficient (Wildman–Crippen LogP) is 4.44. The maximum Gasteiger partial charge on any atom is 0.234 e. The van der Waals surface area contributed by atoms with Gasteiger partial charge in [0.1, 0.15) is 5.75 Å². The zero-order valence-electron chi connectivity index (χ0n) is 14.9. The van der Waals surface area contributed by atoms with Gasteiger partial charge in [0.25, 0.3) is 0 Å². The first kappa shape index (κ1) is 20.2. The van der Waals surface area contributed by atoms with E-state index in [9.17, 15) is 14.4 Å². The zero-order chi connectivity index (χ0) is 20.1. The molecule has 146 valence electrons. The highest BCUT2D eigenvalue weighted by atomic mass is 35.5. The first-order valence-electron chi connectivity index (χ1n) is 8.78. The van der Waals surface area contributed by atoms with Gasteiger partial charge in [-0.1, -0.05) is 35.3 Å². The highest BCUT2D eigenvalue weighted by molar-refractivity contribution is 6.35. The van der Waals surface area contributed by atoms with Gasteiger partial charge >= 0.3 is 0 Å². The van der Waals surface area contributed by atoms with E-state index in [1.54, 1.807) is 42.5 Å². The Morgan fingerprint density at radius 2 is 1.79 bits per heavy atom. The molecule has 6 nitrogen and oxygen atoms in total. The summed E-state index contributed by atoms with van der Waals surface area (Å²) in [5.41, 5.74) is 0.824. The van der Waals surface area contributed by atoms with Crippen molar-refractivity contribution < 1.29 is 19.1 Å². The van der Waals surface area contributed by atoms with Crippen LogP contribution in [-0.4, -0.2) is 24.3 Å². The summed E-state index contributed by atoms with van der Waals surface area (Å²) in [6.45, 7) is 0.305. The van der Waals surface area contributed by atoms with Crippen LogP contribution < -0.4 is 15.0 Å². The molecule has 0 unspecified atom stereocenters. The lowest BCUT2D eigenvalue weighted by atomic mass is 10.2. The average molecular weight is 421 g/mol. The number of benzene rings is 2. The number of hydrogen-bond donors (Lipinski definition) is 1. The van der Waals surface area contributed by atoms with Gasteiger partial charge in [-0.25, -0.2) is 4.90 Å². The summed E-state index contributed by atoms with van der Waals surface area (Å²) in [4.78, 5) is 37.3. The van der Waals surface area contributed by atoms with E-state index >= 15 is 0 Å². The van der Waals surface area contributed by atoms with Crippen molar-refractivity contribution in [1.82, 2.24) is 0 Å². The van der Waals surface area contributed by atoms with Crippen molar-refractivity contribution in [2.45, 2.75) is 25.7 Å². The number of rotatable bonds is 7. The van der Waals surface area contributed by atoms with Crippen LogP contribution in [0.3, 0.4) is 0 Å². The minimum atomic E-state index is -0.264. The van der Waals surface area contributed by atoms with Crippen molar-refractivity contribution in [3.63, 3.8) is 0 Å². The third-order valence-corrected chi connectivity index (χ3v) is 4.70. The monoisotopic (exact) mass is 420 g/mol. The van der Waals surface area contributed by atoms with Gasteiger partial charge in [-0.15, -0.1) is 0 Å². The quantitative estimate of drug-likeness (QED) is 0.530. The highest BCUT2D eigenvalue weighted by Gasteiger charge is 2.31. The van der Waals surface area contributed by atoms with Crippen molar-refractivity contribution in [1.29, 1.82) is 0 Å². The summed E-state index contributed by atoms with van der Waals surface area (Å²) in [5, 5.41) is 3.69. The van der Waals surface area contributed by atoms with Gasteiger partial charge in [0.2, 0.25) is 17.7 Å². The number of carbonyl (C=O) groups excluding carboxylic acids is 3. The molecular formula is C20H18Cl2N2O4. The highest BCUT2D eigenvalue weighted by Crippen LogP contribution is 2.30. The van der Waals surface area contributed by atoms with Crippen molar-refractivity contribution in [2.75, 3.05) is 16.8 Å². The molecule has 2 aromatic rings. The molecule has 2 aromatic carbocycles. The van der Waals surface area contributed by atoms with E-state index in [0.29, 0.717) is 40.2 Å². The van der Waals surface area contributed by atoms with E-state index in [2.05, 4.69) is 5.32 Å². The molecule has 1 heterocycles. The fourth-order valence-corrected chi connectivity index (χ4v) is 3.30. The van der Waals surface area contributed by atoms with E-state index in [4.69, 9.17) is 27.9 Å². The number of anilines is 2. The Hall–Kier alpha value is -2.57. The van der Waals surface area contributed by atoms with Crippen LogP contribution in [0, 0.1) is 0 Å². The van der Waals surface area contributed by atoms with Crippen molar-refractivity contribution >= 4 is 52.3 Å². The standard InChI is InChI=1S/C20H18Cl2N2O4/c21-13-7-8-17(14(22)12-13)28-11-3-6-18(25)23-15-4-1-2-5-16(15)24-19(26)9-10-20(24)27/h1-2,4-5,7-8,12H,3,6,9-11H2,(H,23,25). The smallest absolute Gasteiger partial charge is 0.234 e. The maximum absolute atomic E-state index is 12.3. The number of hydrogen-bond acceptors (Lipinski definition) is 4. The molecule has 0 bridgehead atoms. The number of amides is 3. The third-order valence-electron chi connectivity index (χ3n) is 4.17. The summed E-state index contributed by atoms with van der Waals surface area (Å²) in [6, 6.07) is 11.7. The van der Waals surface area contributed by atoms with E-state index in [0.717, 1.165) is 4.90 Å². The number of imide groups is 1. The molecule has 0 spiro atoms. The van der Waals surface area contributed by atoms with Gasteiger partial charge in [0, 0.05) is 24.3 Å². The second-order valence-electron chi connectivity index (χ2n) is 6.21. The SMILES string of the molecule is O=C(CCCOc1ccc(Cl)cc1Cl)Nc1ccccc1N1C(=O)CCC1=O. The molecule has 0 atom stereocenters. The fraction of sp³-hybridized carbons (Fsp3) is 0.250. The average Bonchev–Trinajstić information content (AvgIpc) is 2.99. The molecule has 1 fully saturated rings. The van der Waals surface area contributed by atoms with Crippen LogP contribution >= 0.6 is 23.2 Å². The van der Waals surface area contributed by atoms with Crippen molar-refractivity contribution in [3.8, 4) is 5.75 Å².